The van der Waals surface area contributed by atoms with E-state index in [0.717, 1.165) is 22.5 Å². The molecule has 29 heavy (non-hydrogen) atoms. The molecule has 1 aromatic rings. The van der Waals surface area contributed by atoms with Gasteiger partial charge in [0.05, 0.1) is 17.7 Å². The van der Waals surface area contributed by atoms with Gasteiger partial charge in [-0.1, -0.05) is 0 Å². The summed E-state index contributed by atoms with van der Waals surface area (Å²) in [6, 6.07) is 1.90. The Balaban J connectivity index is -0.000000860. The van der Waals surface area contributed by atoms with E-state index in [1.165, 1.54) is 0 Å². The molecule has 0 fully saturated rings. The minimum atomic E-state index is -3.67. The molecule has 0 atom stereocenters. The van der Waals surface area contributed by atoms with Crippen LogP contribution in [0.1, 0.15) is 36.4 Å². The number of pyridine rings is 1. The summed E-state index contributed by atoms with van der Waals surface area (Å²) in [6.07, 6.45) is 0.715. The maximum Gasteiger partial charge on any atom is 0.261 e. The second-order valence-corrected chi connectivity index (χ2v) is 6.87. The SMILES string of the molecule is C/C(=N\N=C(N)N)c1cc(/C(C)=N/N=C(N)N)c(C)nc1C.CS(=O)(=O)O.Cl.Cl. The van der Waals surface area contributed by atoms with Crippen molar-refractivity contribution in [1.29, 1.82) is 0 Å². The minimum Gasteiger partial charge on any atom is -0.369 e. The zero-order valence-corrected chi connectivity index (χ0v) is 19.1. The van der Waals surface area contributed by atoms with Crippen LogP contribution in [0.15, 0.2) is 26.5 Å². The number of guanidine groups is 2. The van der Waals surface area contributed by atoms with Gasteiger partial charge < -0.3 is 22.9 Å². The number of halogens is 2. The number of nitrogens with zero attached hydrogens (tertiary/aromatic N) is 5. The summed E-state index contributed by atoms with van der Waals surface area (Å²) >= 11 is 0. The predicted molar refractivity (Wildman–Crippen MR) is 122 cm³/mol. The molecular weight excluding hydrogens is 445 g/mol. The van der Waals surface area contributed by atoms with Crippen molar-refractivity contribution in [2.45, 2.75) is 27.7 Å². The Morgan fingerprint density at radius 1 is 0.862 bits per heavy atom. The van der Waals surface area contributed by atoms with Crippen LogP contribution in [0.4, 0.5) is 0 Å². The van der Waals surface area contributed by atoms with Crippen molar-refractivity contribution in [2.75, 3.05) is 6.26 Å². The van der Waals surface area contributed by atoms with Crippen LogP contribution in [0.3, 0.4) is 0 Å². The van der Waals surface area contributed by atoms with Crippen LogP contribution >= 0.6 is 24.8 Å². The Morgan fingerprint density at radius 2 is 1.14 bits per heavy atom. The van der Waals surface area contributed by atoms with Crippen LogP contribution in [-0.2, 0) is 10.1 Å². The molecule has 0 aromatic carbocycles. The fraction of sp³-hybridized carbons (Fsp3) is 0.357. The first-order valence-electron chi connectivity index (χ1n) is 7.40. The fourth-order valence-corrected chi connectivity index (χ4v) is 1.83. The number of nitrogens with two attached hydrogens (primary N) is 4. The maximum absolute atomic E-state index is 9.19. The average Bonchev–Trinajstić information content (AvgIpc) is 2.48. The van der Waals surface area contributed by atoms with E-state index in [2.05, 4.69) is 25.4 Å². The second kappa shape index (κ2) is 13.7. The lowest BCUT2D eigenvalue weighted by molar-refractivity contribution is 0.490. The number of rotatable bonds is 4. The molecule has 15 heteroatoms. The van der Waals surface area contributed by atoms with Crippen molar-refractivity contribution in [1.82, 2.24) is 4.98 Å². The van der Waals surface area contributed by atoms with E-state index < -0.39 is 10.1 Å². The molecule has 1 aromatic heterocycles. The number of hydrogen-bond donors (Lipinski definition) is 5. The van der Waals surface area contributed by atoms with Gasteiger partial charge in [0.25, 0.3) is 10.1 Å². The van der Waals surface area contributed by atoms with Gasteiger partial charge >= 0.3 is 0 Å². The largest absolute Gasteiger partial charge is 0.369 e. The molecule has 0 bridgehead atoms. The Morgan fingerprint density at radius 3 is 1.38 bits per heavy atom. The van der Waals surface area contributed by atoms with Gasteiger partial charge in [0.2, 0.25) is 11.9 Å². The summed E-state index contributed by atoms with van der Waals surface area (Å²) in [5.41, 5.74) is 25.6. The van der Waals surface area contributed by atoms with Crippen molar-refractivity contribution in [2.24, 2.45) is 43.3 Å². The van der Waals surface area contributed by atoms with Crippen LogP contribution in [-0.4, -0.2) is 47.6 Å². The van der Waals surface area contributed by atoms with Crippen LogP contribution in [0.25, 0.3) is 0 Å². The van der Waals surface area contributed by atoms with Crippen molar-refractivity contribution in [3.8, 4) is 0 Å². The number of hydrogen-bond acceptors (Lipinski definition) is 7. The Labute approximate surface area is 182 Å². The molecule has 12 nitrogen and oxygen atoms in total. The molecule has 1 rings (SSSR count). The Hall–Kier alpha value is -2.48. The Bertz CT molecular complexity index is 842. The summed E-state index contributed by atoms with van der Waals surface area (Å²) < 4.78 is 25.9. The maximum atomic E-state index is 9.19. The van der Waals surface area contributed by atoms with Crippen LogP contribution in [0.5, 0.6) is 0 Å². The number of aromatic nitrogens is 1. The smallest absolute Gasteiger partial charge is 0.261 e. The fourth-order valence-electron chi connectivity index (χ4n) is 1.83. The van der Waals surface area contributed by atoms with E-state index in [4.69, 9.17) is 27.5 Å². The minimum absolute atomic E-state index is 0. The van der Waals surface area contributed by atoms with Crippen LogP contribution in [0, 0.1) is 13.8 Å². The summed E-state index contributed by atoms with van der Waals surface area (Å²) in [5, 5.41) is 15.2. The third-order valence-electron chi connectivity index (χ3n) is 2.81. The lowest BCUT2D eigenvalue weighted by Crippen LogP contribution is -2.22. The molecule has 1 heterocycles. The third kappa shape index (κ3) is 14.2. The van der Waals surface area contributed by atoms with Gasteiger partial charge in [0.15, 0.2) is 0 Å². The number of aryl methyl sites for hydroxylation is 2. The van der Waals surface area contributed by atoms with Gasteiger partial charge in [-0.3, -0.25) is 9.54 Å². The van der Waals surface area contributed by atoms with Gasteiger partial charge in [0, 0.05) is 22.5 Å². The lowest BCUT2D eigenvalue weighted by atomic mass is 10.0. The van der Waals surface area contributed by atoms with Gasteiger partial charge in [-0.25, -0.2) is 0 Å². The van der Waals surface area contributed by atoms with E-state index in [9.17, 15) is 8.42 Å². The molecular formula is C14H27Cl2N9O3S. The first-order chi connectivity index (χ1) is 12.2. The molecule has 0 saturated heterocycles. The Kier molecular flexibility index (Phi) is 14.7. The third-order valence-corrected chi connectivity index (χ3v) is 2.81. The van der Waals surface area contributed by atoms with Gasteiger partial charge in [-0.2, -0.15) is 18.6 Å². The highest BCUT2D eigenvalue weighted by Crippen LogP contribution is 2.15. The van der Waals surface area contributed by atoms with Gasteiger partial charge in [-0.15, -0.1) is 35.0 Å². The highest BCUT2D eigenvalue weighted by atomic mass is 35.5. The lowest BCUT2D eigenvalue weighted by Gasteiger charge is -2.10. The molecule has 0 aliphatic heterocycles. The molecule has 166 valence electrons. The van der Waals surface area contributed by atoms with E-state index in [0.29, 0.717) is 17.7 Å². The predicted octanol–water partition coefficient (Wildman–Crippen LogP) is 0.0408. The molecule has 0 aliphatic carbocycles. The average molecular weight is 472 g/mol. The zero-order valence-electron chi connectivity index (χ0n) is 16.6. The summed E-state index contributed by atoms with van der Waals surface area (Å²) in [7, 11) is -3.67. The van der Waals surface area contributed by atoms with E-state index >= 15 is 0 Å². The topological polar surface area (TPSA) is 221 Å². The van der Waals surface area contributed by atoms with E-state index in [1.807, 2.05) is 19.9 Å². The summed E-state index contributed by atoms with van der Waals surface area (Å²) in [6.45, 7) is 7.34. The van der Waals surface area contributed by atoms with Crippen LogP contribution in [0.2, 0.25) is 0 Å². The highest BCUT2D eigenvalue weighted by molar-refractivity contribution is 7.85. The van der Waals surface area contributed by atoms with Gasteiger partial charge in [0.1, 0.15) is 0 Å². The molecule has 0 amide bonds. The summed E-state index contributed by atoms with van der Waals surface area (Å²) in [4.78, 5) is 4.49. The van der Waals surface area contributed by atoms with Crippen molar-refractivity contribution < 1.29 is 13.0 Å². The molecule has 9 N–H and O–H groups in total. The highest BCUT2D eigenvalue weighted by Gasteiger charge is 2.11. The van der Waals surface area contributed by atoms with Crippen molar-refractivity contribution in [3.05, 3.63) is 28.6 Å². The van der Waals surface area contributed by atoms with E-state index in [1.54, 1.807) is 13.8 Å². The molecule has 0 spiro atoms. The quantitative estimate of drug-likeness (QED) is 0.174. The normalized spacial score (nSPS) is 11.1. The van der Waals surface area contributed by atoms with Crippen LogP contribution < -0.4 is 22.9 Å². The van der Waals surface area contributed by atoms with Crippen molar-refractivity contribution in [3.63, 3.8) is 0 Å². The monoisotopic (exact) mass is 471 g/mol. The zero-order chi connectivity index (χ0) is 21.4. The molecule has 0 radical (unpaired) electrons. The van der Waals surface area contributed by atoms with Crippen molar-refractivity contribution >= 4 is 58.3 Å². The standard InChI is InChI=1S/C13H21N9.CH4O3S.2ClH/c1-6-10(8(3)19-21-12(14)15)5-11(7(2)18-6)9(4)20-22-13(16)17;1-5(2,3)4;;/h5H,1-4H3,(H4,14,15,21)(H4,16,17,22);1H3,(H,2,3,4);2*1H/b19-8+,20-9+;;;. The second-order valence-electron chi connectivity index (χ2n) is 5.41. The van der Waals surface area contributed by atoms with E-state index in [-0.39, 0.29) is 36.7 Å². The molecule has 0 unspecified atom stereocenters. The summed E-state index contributed by atoms with van der Waals surface area (Å²) in [5.74, 6) is -0.217. The molecule has 0 aliphatic rings. The molecule has 0 saturated carbocycles. The van der Waals surface area contributed by atoms with Gasteiger partial charge in [-0.05, 0) is 33.8 Å². The first-order valence-corrected chi connectivity index (χ1v) is 9.25. The first kappa shape index (κ1) is 31.2.